The topological polar surface area (TPSA) is 74.4 Å². The van der Waals surface area contributed by atoms with E-state index in [1.54, 1.807) is 24.2 Å². The number of rotatable bonds is 0. The number of aliphatic hydroxyl groups is 1. The van der Waals surface area contributed by atoms with Gasteiger partial charge in [-0.05, 0) is 6.07 Å². The summed E-state index contributed by atoms with van der Waals surface area (Å²) in [5, 5.41) is 12.2. The number of aliphatic hydroxyl groups excluding tert-OH is 1. The van der Waals surface area contributed by atoms with E-state index in [-0.39, 0.29) is 0 Å². The molecule has 64 valence electrons. The van der Waals surface area contributed by atoms with Crippen molar-refractivity contribution in [3.63, 3.8) is 0 Å². The van der Waals surface area contributed by atoms with Crippen molar-refractivity contribution in [1.29, 1.82) is 0 Å². The molecule has 0 fully saturated rings. The van der Waals surface area contributed by atoms with Gasteiger partial charge in [0.1, 0.15) is 11.5 Å². The fraction of sp³-hybridized carbons (Fsp3) is 0.286. The molecule has 2 rings (SSSR count). The molecular formula is C7H10N4O. The first-order chi connectivity index (χ1) is 5.70. The van der Waals surface area contributed by atoms with Gasteiger partial charge in [0.2, 0.25) is 6.35 Å². The summed E-state index contributed by atoms with van der Waals surface area (Å²) < 4.78 is 0. The molecule has 1 aromatic rings. The molecule has 5 nitrogen and oxygen atoms in total. The van der Waals surface area contributed by atoms with Crippen LogP contribution in [0.25, 0.3) is 0 Å². The minimum atomic E-state index is -0.702. The second-order valence-corrected chi connectivity index (χ2v) is 2.72. The van der Waals surface area contributed by atoms with Gasteiger partial charge in [-0.3, -0.25) is 0 Å². The number of nitrogen functional groups attached to an aromatic ring is 1. The zero-order valence-corrected chi connectivity index (χ0v) is 6.65. The molecule has 5 heteroatoms. The molecule has 0 radical (unpaired) electrons. The second kappa shape index (κ2) is 2.25. The molecule has 0 bridgehead atoms. The van der Waals surface area contributed by atoms with Crippen molar-refractivity contribution in [2.24, 2.45) is 0 Å². The van der Waals surface area contributed by atoms with E-state index < -0.39 is 6.35 Å². The number of hydrogen-bond donors (Lipinski definition) is 3. The number of nitrogens with two attached hydrogens (primary N) is 1. The van der Waals surface area contributed by atoms with E-state index in [9.17, 15) is 5.11 Å². The molecule has 1 unspecified atom stereocenters. The van der Waals surface area contributed by atoms with Crippen molar-refractivity contribution in [3.05, 3.63) is 12.3 Å². The van der Waals surface area contributed by atoms with E-state index in [1.165, 1.54) is 0 Å². The number of nitrogens with one attached hydrogen (secondary N) is 1. The van der Waals surface area contributed by atoms with Crippen molar-refractivity contribution in [2.45, 2.75) is 6.35 Å². The maximum Gasteiger partial charge on any atom is 0.205 e. The Kier molecular flexibility index (Phi) is 1.34. The lowest BCUT2D eigenvalue weighted by atomic mass is 10.3. The van der Waals surface area contributed by atoms with Crippen LogP contribution in [-0.4, -0.2) is 23.5 Å². The summed E-state index contributed by atoms with van der Waals surface area (Å²) in [6.45, 7) is 0. The van der Waals surface area contributed by atoms with Crippen LogP contribution in [0.15, 0.2) is 12.3 Å². The van der Waals surface area contributed by atoms with E-state index in [2.05, 4.69) is 10.3 Å². The first-order valence-electron chi connectivity index (χ1n) is 3.62. The van der Waals surface area contributed by atoms with Crippen LogP contribution in [0.1, 0.15) is 0 Å². The summed E-state index contributed by atoms with van der Waals surface area (Å²) in [7, 11) is 1.78. The number of nitrogens with zero attached hydrogens (tertiary/aromatic N) is 2. The fourth-order valence-corrected chi connectivity index (χ4v) is 1.27. The molecule has 1 aliphatic rings. The monoisotopic (exact) mass is 166 g/mol. The average molecular weight is 166 g/mol. The van der Waals surface area contributed by atoms with Crippen LogP contribution in [0.2, 0.25) is 0 Å². The van der Waals surface area contributed by atoms with Gasteiger partial charge < -0.3 is 21.1 Å². The quantitative estimate of drug-likeness (QED) is 0.497. The van der Waals surface area contributed by atoms with Crippen molar-refractivity contribution >= 4 is 17.2 Å². The van der Waals surface area contributed by atoms with Gasteiger partial charge >= 0.3 is 0 Å². The first kappa shape index (κ1) is 7.17. The van der Waals surface area contributed by atoms with E-state index in [4.69, 9.17) is 5.73 Å². The molecule has 12 heavy (non-hydrogen) atoms. The van der Waals surface area contributed by atoms with Crippen LogP contribution in [0, 0.1) is 0 Å². The highest BCUT2D eigenvalue weighted by atomic mass is 16.3. The Bertz CT molecular complexity index is 314. The van der Waals surface area contributed by atoms with Gasteiger partial charge in [-0.15, -0.1) is 0 Å². The van der Waals surface area contributed by atoms with Gasteiger partial charge in [0.05, 0.1) is 5.69 Å². The van der Waals surface area contributed by atoms with Crippen LogP contribution < -0.4 is 16.0 Å². The molecule has 2 heterocycles. The average Bonchev–Trinajstić information content (AvgIpc) is 2.32. The number of anilines is 3. The van der Waals surface area contributed by atoms with E-state index in [1.807, 2.05) is 0 Å². The molecule has 4 N–H and O–H groups in total. The molecule has 1 atom stereocenters. The number of pyridine rings is 1. The Hall–Kier alpha value is -1.49. The predicted molar refractivity (Wildman–Crippen MR) is 46.7 cm³/mol. The Morgan fingerprint density at radius 2 is 2.50 bits per heavy atom. The maximum atomic E-state index is 9.38. The highest BCUT2D eigenvalue weighted by molar-refractivity contribution is 5.83. The third-order valence-electron chi connectivity index (χ3n) is 1.98. The Morgan fingerprint density at radius 3 is 3.17 bits per heavy atom. The summed E-state index contributed by atoms with van der Waals surface area (Å²) in [6, 6.07) is 1.80. The third-order valence-corrected chi connectivity index (χ3v) is 1.98. The van der Waals surface area contributed by atoms with Crippen LogP contribution in [0.4, 0.5) is 17.2 Å². The predicted octanol–water partition coefficient (Wildman–Crippen LogP) is -0.199. The largest absolute Gasteiger partial charge is 0.382 e. The highest BCUT2D eigenvalue weighted by Crippen LogP contribution is 2.35. The minimum absolute atomic E-state index is 0.413. The normalized spacial score (nSPS) is 20.5. The fourth-order valence-electron chi connectivity index (χ4n) is 1.27. The smallest absolute Gasteiger partial charge is 0.205 e. The maximum absolute atomic E-state index is 9.38. The third kappa shape index (κ3) is 0.799. The molecule has 0 saturated heterocycles. The van der Waals surface area contributed by atoms with Gasteiger partial charge in [-0.1, -0.05) is 0 Å². The van der Waals surface area contributed by atoms with Crippen LogP contribution >= 0.6 is 0 Å². The van der Waals surface area contributed by atoms with Gasteiger partial charge in [0.15, 0.2) is 0 Å². The van der Waals surface area contributed by atoms with Gasteiger partial charge in [0, 0.05) is 13.2 Å². The zero-order chi connectivity index (χ0) is 8.72. The summed E-state index contributed by atoms with van der Waals surface area (Å²) >= 11 is 0. The molecule has 0 saturated carbocycles. The molecule has 0 spiro atoms. The van der Waals surface area contributed by atoms with Crippen molar-refractivity contribution < 1.29 is 5.11 Å². The number of hydrogen-bond acceptors (Lipinski definition) is 5. The van der Waals surface area contributed by atoms with Gasteiger partial charge in [-0.2, -0.15) is 0 Å². The molecule has 1 aliphatic heterocycles. The van der Waals surface area contributed by atoms with E-state index in [0.29, 0.717) is 11.5 Å². The molecule has 0 amide bonds. The second-order valence-electron chi connectivity index (χ2n) is 2.72. The van der Waals surface area contributed by atoms with Crippen molar-refractivity contribution in [3.8, 4) is 0 Å². The molecule has 1 aromatic heterocycles. The molecule has 0 aromatic carbocycles. The van der Waals surface area contributed by atoms with Crippen molar-refractivity contribution in [1.82, 2.24) is 4.98 Å². The van der Waals surface area contributed by atoms with Crippen LogP contribution in [0.5, 0.6) is 0 Å². The number of aromatic nitrogens is 1. The summed E-state index contributed by atoms with van der Waals surface area (Å²) in [5.41, 5.74) is 7.16. The highest BCUT2D eigenvalue weighted by Gasteiger charge is 2.25. The minimum Gasteiger partial charge on any atom is -0.382 e. The van der Waals surface area contributed by atoms with E-state index in [0.717, 1.165) is 5.69 Å². The van der Waals surface area contributed by atoms with E-state index >= 15 is 0 Å². The standard InChI is InChI=1S/C7H10N4O/c1-11-4-2-3-9-6(8)5(4)10-7(11)12/h2-3,7,10,12H,1H3,(H2,8,9). The van der Waals surface area contributed by atoms with Crippen LogP contribution in [-0.2, 0) is 0 Å². The lowest BCUT2D eigenvalue weighted by Gasteiger charge is -2.15. The lowest BCUT2D eigenvalue weighted by molar-refractivity contribution is 0.210. The zero-order valence-electron chi connectivity index (χ0n) is 6.65. The van der Waals surface area contributed by atoms with Gasteiger partial charge in [0.25, 0.3) is 0 Å². The molecule has 0 aliphatic carbocycles. The summed E-state index contributed by atoms with van der Waals surface area (Å²) in [5.74, 6) is 0.413. The molecular weight excluding hydrogens is 156 g/mol. The number of fused-ring (bicyclic) bond motifs is 1. The lowest BCUT2D eigenvalue weighted by Crippen LogP contribution is -2.31. The van der Waals surface area contributed by atoms with Crippen molar-refractivity contribution in [2.75, 3.05) is 23.0 Å². The van der Waals surface area contributed by atoms with Crippen LogP contribution in [0.3, 0.4) is 0 Å². The summed E-state index contributed by atoms with van der Waals surface area (Å²) in [4.78, 5) is 5.59. The SMILES string of the molecule is CN1c2ccnc(N)c2NC1O. The Morgan fingerprint density at radius 1 is 1.75 bits per heavy atom. The summed E-state index contributed by atoms with van der Waals surface area (Å²) in [6.07, 6.45) is 0.913. The Balaban J connectivity index is 2.53. The first-order valence-corrected chi connectivity index (χ1v) is 3.62. The Labute approximate surface area is 69.8 Å². The van der Waals surface area contributed by atoms with Gasteiger partial charge in [-0.25, -0.2) is 4.98 Å².